The number of esters is 1. The molecule has 3 N–H and O–H groups in total. The third kappa shape index (κ3) is 5.99. The molecule has 11 heteroatoms. The lowest BCUT2D eigenvalue weighted by Crippen LogP contribution is -2.44. The number of aryl methyl sites for hydroxylation is 1. The smallest absolute Gasteiger partial charge is 0.411 e. The Morgan fingerprint density at radius 3 is 2.61 bits per heavy atom. The minimum Gasteiger partial charge on any atom is -0.467 e. The van der Waals surface area contributed by atoms with Crippen LogP contribution >= 0.6 is 0 Å². The van der Waals surface area contributed by atoms with E-state index < -0.39 is 23.7 Å². The van der Waals surface area contributed by atoms with Crippen molar-refractivity contribution < 1.29 is 19.1 Å². The second kappa shape index (κ2) is 11.3. The van der Waals surface area contributed by atoms with Crippen LogP contribution in [-0.2, 0) is 21.3 Å². The molecule has 0 spiro atoms. The first-order valence-electron chi connectivity index (χ1n) is 12.8. The Hall–Kier alpha value is -3.86. The largest absolute Gasteiger partial charge is 0.467 e. The molecule has 2 atom stereocenters. The fourth-order valence-corrected chi connectivity index (χ4v) is 4.66. The van der Waals surface area contributed by atoms with Gasteiger partial charge in [-0.25, -0.2) is 14.6 Å². The van der Waals surface area contributed by atoms with E-state index in [0.717, 1.165) is 41.1 Å². The molecule has 4 rings (SSSR count). The predicted molar refractivity (Wildman–Crippen MR) is 147 cm³/mol. The highest BCUT2D eigenvalue weighted by Crippen LogP contribution is 2.33. The van der Waals surface area contributed by atoms with Gasteiger partial charge in [0.1, 0.15) is 23.3 Å². The number of aromatic nitrogens is 3. The van der Waals surface area contributed by atoms with Gasteiger partial charge < -0.3 is 25.4 Å². The molecule has 38 heavy (non-hydrogen) atoms. The molecule has 3 aromatic rings. The number of ether oxygens (including phenoxy) is 2. The summed E-state index contributed by atoms with van der Waals surface area (Å²) in [6.45, 7) is 7.25. The Labute approximate surface area is 222 Å². The highest BCUT2D eigenvalue weighted by Gasteiger charge is 2.42. The minimum atomic E-state index is -0.731. The van der Waals surface area contributed by atoms with Gasteiger partial charge in [-0.15, -0.1) is 0 Å². The summed E-state index contributed by atoms with van der Waals surface area (Å²) < 4.78 is 12.3. The average molecular weight is 524 g/mol. The monoisotopic (exact) mass is 523 g/mol. The number of methoxy groups -OCH3 is 1. The number of pyridine rings is 1. The van der Waals surface area contributed by atoms with E-state index in [-0.39, 0.29) is 12.6 Å². The number of hydrogen-bond donors (Lipinski definition) is 3. The van der Waals surface area contributed by atoms with Crippen LogP contribution in [0, 0.1) is 0 Å². The zero-order valence-electron chi connectivity index (χ0n) is 22.9. The predicted octanol–water partition coefficient (Wildman–Crippen LogP) is 3.23. The van der Waals surface area contributed by atoms with Crippen LogP contribution in [0.25, 0.3) is 22.2 Å². The maximum Gasteiger partial charge on any atom is 0.411 e. The maximum atomic E-state index is 12.8. The van der Waals surface area contributed by atoms with Gasteiger partial charge in [0.2, 0.25) is 0 Å². The number of benzene rings is 1. The topological polar surface area (TPSA) is 123 Å². The summed E-state index contributed by atoms with van der Waals surface area (Å²) in [5, 5.41) is 15.7. The van der Waals surface area contributed by atoms with E-state index in [1.165, 1.54) is 12.0 Å². The van der Waals surface area contributed by atoms with Crippen molar-refractivity contribution in [1.29, 1.82) is 0 Å². The van der Waals surface area contributed by atoms with Gasteiger partial charge >= 0.3 is 12.1 Å². The second-order valence-electron chi connectivity index (χ2n) is 10.4. The molecule has 204 valence electrons. The molecular formula is C27H37N7O4. The molecular weight excluding hydrogens is 486 g/mol. The zero-order valence-corrected chi connectivity index (χ0v) is 22.9. The number of likely N-dealkylation sites (tertiary alicyclic amines) is 1. The van der Waals surface area contributed by atoms with Gasteiger partial charge in [-0.3, -0.25) is 9.58 Å². The van der Waals surface area contributed by atoms with Crippen molar-refractivity contribution in [1.82, 2.24) is 25.0 Å². The molecule has 0 aliphatic carbocycles. The van der Waals surface area contributed by atoms with Crippen LogP contribution in [-0.4, -0.2) is 83.2 Å². The van der Waals surface area contributed by atoms with Crippen molar-refractivity contribution in [3.8, 4) is 11.3 Å². The standard InChI is InChI=1S/C27H37N7O4/c1-27(2,3)38-26(36)34-16-17(15-21(34)25(35)37-6)30-22-12-8-10-19(31-22)18-9-7-11-20-23(18)24(33(5)32-20)29-14-13-28-4/h7-12,17,21,28-29H,13-16H2,1-6H3,(H,30,31)/t17-,21-/m0/s1. The van der Waals surface area contributed by atoms with Crippen LogP contribution in [0.3, 0.4) is 0 Å². The molecule has 1 saturated heterocycles. The highest BCUT2D eigenvalue weighted by molar-refractivity contribution is 6.02. The molecule has 1 fully saturated rings. The average Bonchev–Trinajstić information content (AvgIpc) is 3.43. The summed E-state index contributed by atoms with van der Waals surface area (Å²) in [5.41, 5.74) is 1.95. The van der Waals surface area contributed by atoms with Crippen molar-refractivity contribution in [2.24, 2.45) is 7.05 Å². The number of amides is 1. The Morgan fingerprint density at radius 1 is 1.13 bits per heavy atom. The van der Waals surface area contributed by atoms with Crippen LogP contribution in [0.4, 0.5) is 16.4 Å². The fraction of sp³-hybridized carbons (Fsp3) is 0.481. The van der Waals surface area contributed by atoms with Crippen LogP contribution in [0.15, 0.2) is 36.4 Å². The van der Waals surface area contributed by atoms with Gasteiger partial charge in [-0.1, -0.05) is 18.2 Å². The number of nitrogens with one attached hydrogen (secondary N) is 3. The van der Waals surface area contributed by atoms with E-state index in [1.807, 2.05) is 55.2 Å². The number of hydrogen-bond acceptors (Lipinski definition) is 9. The van der Waals surface area contributed by atoms with Crippen LogP contribution in [0.5, 0.6) is 0 Å². The highest BCUT2D eigenvalue weighted by atomic mass is 16.6. The van der Waals surface area contributed by atoms with Gasteiger partial charge in [0.05, 0.1) is 23.7 Å². The van der Waals surface area contributed by atoms with Crippen molar-refractivity contribution in [2.45, 2.75) is 44.9 Å². The Morgan fingerprint density at radius 2 is 1.89 bits per heavy atom. The normalized spacial score (nSPS) is 17.5. The fourth-order valence-electron chi connectivity index (χ4n) is 4.66. The Kier molecular flexibility index (Phi) is 8.05. The zero-order chi connectivity index (χ0) is 27.4. The third-order valence-electron chi connectivity index (χ3n) is 6.31. The van der Waals surface area contributed by atoms with E-state index in [1.54, 1.807) is 20.8 Å². The maximum absolute atomic E-state index is 12.8. The number of likely N-dealkylation sites (N-methyl/N-ethyl adjacent to an activating group) is 1. The van der Waals surface area contributed by atoms with E-state index in [2.05, 4.69) is 21.0 Å². The molecule has 1 aliphatic heterocycles. The number of nitrogens with zero attached hydrogens (tertiary/aromatic N) is 4. The molecule has 0 radical (unpaired) electrons. The van der Waals surface area contributed by atoms with E-state index in [4.69, 9.17) is 14.5 Å². The number of carbonyl (C=O) groups is 2. The van der Waals surface area contributed by atoms with Crippen LogP contribution < -0.4 is 16.0 Å². The number of rotatable bonds is 8. The third-order valence-corrected chi connectivity index (χ3v) is 6.31. The van der Waals surface area contributed by atoms with Gasteiger partial charge in [-0.2, -0.15) is 5.10 Å². The van der Waals surface area contributed by atoms with E-state index in [9.17, 15) is 9.59 Å². The summed E-state index contributed by atoms with van der Waals surface area (Å²) >= 11 is 0. The molecule has 11 nitrogen and oxygen atoms in total. The number of anilines is 2. The summed E-state index contributed by atoms with van der Waals surface area (Å²) in [5.74, 6) is 1.10. The molecule has 0 bridgehead atoms. The van der Waals surface area contributed by atoms with Gasteiger partial charge in [0.25, 0.3) is 0 Å². The molecule has 2 aromatic heterocycles. The van der Waals surface area contributed by atoms with Gasteiger partial charge in [0, 0.05) is 44.7 Å². The Balaban J connectivity index is 1.58. The molecule has 0 saturated carbocycles. The first kappa shape index (κ1) is 27.2. The number of fused-ring (bicyclic) bond motifs is 1. The van der Waals surface area contributed by atoms with Crippen LogP contribution in [0.1, 0.15) is 27.2 Å². The van der Waals surface area contributed by atoms with Crippen molar-refractivity contribution in [3.63, 3.8) is 0 Å². The molecule has 1 aromatic carbocycles. The van der Waals surface area contributed by atoms with E-state index in [0.29, 0.717) is 12.2 Å². The molecule has 1 amide bonds. The summed E-state index contributed by atoms with van der Waals surface area (Å²) in [4.78, 5) is 31.6. The van der Waals surface area contributed by atoms with E-state index >= 15 is 0 Å². The summed E-state index contributed by atoms with van der Waals surface area (Å²) in [7, 11) is 5.16. The van der Waals surface area contributed by atoms with Crippen LogP contribution in [0.2, 0.25) is 0 Å². The lowest BCUT2D eigenvalue weighted by atomic mass is 10.1. The molecule has 1 aliphatic rings. The summed E-state index contributed by atoms with van der Waals surface area (Å²) in [6.07, 6.45) is -0.157. The van der Waals surface area contributed by atoms with Crippen molar-refractivity contribution in [3.05, 3.63) is 36.4 Å². The first-order valence-corrected chi connectivity index (χ1v) is 12.8. The van der Waals surface area contributed by atoms with Gasteiger partial charge in [-0.05, 0) is 46.0 Å². The molecule has 3 heterocycles. The SMILES string of the molecule is CNCCNc1c2c(-c3cccc(N[C@H]4C[C@@H](C(=O)OC)N(C(=O)OC(C)(C)C)C4)n3)cccc2nn1C. The molecule has 0 unspecified atom stereocenters. The summed E-state index contributed by atoms with van der Waals surface area (Å²) in [6, 6.07) is 10.8. The lowest BCUT2D eigenvalue weighted by molar-refractivity contribution is -0.145. The number of carbonyl (C=O) groups excluding carboxylic acids is 2. The van der Waals surface area contributed by atoms with Crippen molar-refractivity contribution in [2.75, 3.05) is 44.4 Å². The minimum absolute atomic E-state index is 0.206. The Bertz CT molecular complexity index is 1300. The quantitative estimate of drug-likeness (QED) is 0.302. The first-order chi connectivity index (χ1) is 18.1. The lowest BCUT2D eigenvalue weighted by Gasteiger charge is -2.27. The van der Waals surface area contributed by atoms with Gasteiger partial charge in [0.15, 0.2) is 0 Å². The van der Waals surface area contributed by atoms with Crippen molar-refractivity contribution >= 4 is 34.6 Å². The second-order valence-corrected chi connectivity index (χ2v) is 10.4.